The van der Waals surface area contributed by atoms with Gasteiger partial charge in [-0.3, -0.25) is 0 Å². The molecule has 0 aromatic heterocycles. The van der Waals surface area contributed by atoms with E-state index in [1.807, 2.05) is 0 Å². The maximum absolute atomic E-state index is 5.92. The monoisotopic (exact) mass is 381 g/mol. The van der Waals surface area contributed by atoms with Gasteiger partial charge >= 0.3 is 0 Å². The van der Waals surface area contributed by atoms with Gasteiger partial charge in [-0.1, -0.05) is 50.5 Å². The molecule has 3 heteroatoms. The van der Waals surface area contributed by atoms with Crippen LogP contribution in [-0.4, -0.2) is 37.7 Å². The fourth-order valence-corrected chi connectivity index (χ4v) is 3.69. The lowest BCUT2D eigenvalue weighted by Gasteiger charge is -2.26. The van der Waals surface area contributed by atoms with Gasteiger partial charge in [0.15, 0.2) is 0 Å². The van der Waals surface area contributed by atoms with Crippen LogP contribution < -0.4 is 9.47 Å². The van der Waals surface area contributed by atoms with Crippen molar-refractivity contribution in [2.24, 2.45) is 0 Å². The lowest BCUT2D eigenvalue weighted by molar-refractivity contribution is 0.205. The van der Waals surface area contributed by atoms with Gasteiger partial charge in [0, 0.05) is 6.54 Å². The van der Waals surface area contributed by atoms with Crippen molar-refractivity contribution < 1.29 is 9.47 Å². The van der Waals surface area contributed by atoms with Crippen LogP contribution >= 0.6 is 0 Å². The summed E-state index contributed by atoms with van der Waals surface area (Å²) in [6, 6.07) is 16.8. The Morgan fingerprint density at radius 2 is 1.21 bits per heavy atom. The maximum atomic E-state index is 5.92. The number of hydrogen-bond donors (Lipinski definition) is 0. The molecular weight excluding hydrogens is 346 g/mol. The van der Waals surface area contributed by atoms with Crippen LogP contribution in [0.3, 0.4) is 0 Å². The van der Waals surface area contributed by atoms with Crippen molar-refractivity contribution in [1.82, 2.24) is 4.90 Å². The van der Waals surface area contributed by atoms with Crippen molar-refractivity contribution in [1.29, 1.82) is 0 Å². The van der Waals surface area contributed by atoms with Crippen LogP contribution in [-0.2, 0) is 0 Å². The highest BCUT2D eigenvalue weighted by molar-refractivity contribution is 5.64. The fourth-order valence-electron chi connectivity index (χ4n) is 3.69. The largest absolute Gasteiger partial charge is 0.494 e. The Hall–Kier alpha value is -2.00. The molecule has 0 amide bonds. The molecule has 1 fully saturated rings. The molecular formula is C25H35NO2. The predicted octanol–water partition coefficient (Wildman–Crippen LogP) is 6.18. The zero-order valence-corrected chi connectivity index (χ0v) is 17.4. The Kier molecular flexibility index (Phi) is 8.70. The van der Waals surface area contributed by atoms with Crippen LogP contribution in [0.25, 0.3) is 11.1 Å². The van der Waals surface area contributed by atoms with Crippen molar-refractivity contribution in [3.8, 4) is 22.6 Å². The van der Waals surface area contributed by atoms with Gasteiger partial charge in [-0.25, -0.2) is 0 Å². The molecule has 1 saturated heterocycles. The molecule has 0 aliphatic carbocycles. The second-order valence-corrected chi connectivity index (χ2v) is 7.71. The molecule has 28 heavy (non-hydrogen) atoms. The van der Waals surface area contributed by atoms with E-state index in [4.69, 9.17) is 9.47 Å². The van der Waals surface area contributed by atoms with E-state index in [0.29, 0.717) is 0 Å². The van der Waals surface area contributed by atoms with Gasteiger partial charge in [-0.05, 0) is 74.2 Å². The van der Waals surface area contributed by atoms with Crippen LogP contribution in [0.5, 0.6) is 11.5 Å². The van der Waals surface area contributed by atoms with Gasteiger partial charge < -0.3 is 14.4 Å². The molecule has 1 aliphatic heterocycles. The zero-order valence-electron chi connectivity index (χ0n) is 17.4. The summed E-state index contributed by atoms with van der Waals surface area (Å²) >= 11 is 0. The van der Waals surface area contributed by atoms with Crippen molar-refractivity contribution in [2.75, 3.05) is 32.8 Å². The molecule has 2 aromatic carbocycles. The number of likely N-dealkylation sites (tertiary alicyclic amines) is 1. The minimum Gasteiger partial charge on any atom is -0.494 e. The van der Waals surface area contributed by atoms with Crippen LogP contribution in [0.2, 0.25) is 0 Å². The molecule has 2 aromatic rings. The number of unbranched alkanes of at least 4 members (excludes halogenated alkanes) is 2. The second kappa shape index (κ2) is 11.8. The average molecular weight is 382 g/mol. The fraction of sp³-hybridized carbons (Fsp3) is 0.520. The highest BCUT2D eigenvalue weighted by atomic mass is 16.5. The van der Waals surface area contributed by atoms with Crippen molar-refractivity contribution >= 4 is 0 Å². The summed E-state index contributed by atoms with van der Waals surface area (Å²) in [5.74, 6) is 1.91. The van der Waals surface area contributed by atoms with Crippen molar-refractivity contribution in [3.63, 3.8) is 0 Å². The third-order valence-corrected chi connectivity index (χ3v) is 5.39. The molecule has 0 atom stereocenters. The lowest BCUT2D eigenvalue weighted by atomic mass is 10.1. The van der Waals surface area contributed by atoms with Gasteiger partial charge in [0.1, 0.15) is 11.5 Å². The number of benzene rings is 2. The minimum atomic E-state index is 0.792. The van der Waals surface area contributed by atoms with E-state index in [2.05, 4.69) is 60.4 Å². The Morgan fingerprint density at radius 3 is 1.75 bits per heavy atom. The normalized spacial score (nSPS) is 14.8. The first-order valence-corrected chi connectivity index (χ1v) is 11.0. The van der Waals surface area contributed by atoms with Gasteiger partial charge in [0.2, 0.25) is 0 Å². The molecule has 0 N–H and O–H groups in total. The smallest absolute Gasteiger partial charge is 0.119 e. The predicted molar refractivity (Wildman–Crippen MR) is 117 cm³/mol. The Balaban J connectivity index is 1.40. The number of nitrogens with zero attached hydrogens (tertiary/aromatic N) is 1. The van der Waals surface area contributed by atoms with Gasteiger partial charge in [0.25, 0.3) is 0 Å². The van der Waals surface area contributed by atoms with E-state index in [0.717, 1.165) is 44.1 Å². The average Bonchev–Trinajstić information content (AvgIpc) is 2.76. The lowest BCUT2D eigenvalue weighted by Crippen LogP contribution is -2.31. The highest BCUT2D eigenvalue weighted by Crippen LogP contribution is 2.25. The van der Waals surface area contributed by atoms with E-state index in [1.165, 1.54) is 56.3 Å². The summed E-state index contributed by atoms with van der Waals surface area (Å²) in [6.45, 7) is 7.48. The highest BCUT2D eigenvalue weighted by Gasteiger charge is 2.09. The first-order valence-electron chi connectivity index (χ1n) is 11.0. The summed E-state index contributed by atoms with van der Waals surface area (Å²) < 4.78 is 11.7. The molecule has 0 saturated carbocycles. The third-order valence-electron chi connectivity index (χ3n) is 5.39. The van der Waals surface area contributed by atoms with Gasteiger partial charge in [0.05, 0.1) is 13.2 Å². The Bertz CT molecular complexity index is 660. The van der Waals surface area contributed by atoms with E-state index in [-0.39, 0.29) is 0 Å². The summed E-state index contributed by atoms with van der Waals surface area (Å²) in [6.07, 6.45) is 8.78. The first kappa shape index (κ1) is 20.7. The summed E-state index contributed by atoms with van der Waals surface area (Å²) in [7, 11) is 0. The standard InChI is InChI=1S/C25H35NO2/c1-2-3-7-20-27-24-13-9-22(10-14-24)23-11-15-25(16-12-23)28-21-8-19-26-17-5-4-6-18-26/h9-16H,2-8,17-21H2,1H3. The van der Waals surface area contributed by atoms with Crippen LogP contribution in [0.4, 0.5) is 0 Å². The summed E-state index contributed by atoms with van der Waals surface area (Å²) in [4.78, 5) is 2.56. The molecule has 152 valence electrons. The molecule has 1 heterocycles. The Labute approximate surface area is 170 Å². The SMILES string of the molecule is CCCCCOc1ccc(-c2ccc(OCCCN3CCCCC3)cc2)cc1. The van der Waals surface area contributed by atoms with Crippen LogP contribution in [0.15, 0.2) is 48.5 Å². The number of piperidine rings is 1. The van der Waals surface area contributed by atoms with E-state index in [9.17, 15) is 0 Å². The summed E-state index contributed by atoms with van der Waals surface area (Å²) in [5.41, 5.74) is 2.41. The maximum Gasteiger partial charge on any atom is 0.119 e. The molecule has 0 spiro atoms. The number of hydrogen-bond acceptors (Lipinski definition) is 3. The molecule has 0 radical (unpaired) electrons. The van der Waals surface area contributed by atoms with Crippen LogP contribution in [0, 0.1) is 0 Å². The molecule has 1 aliphatic rings. The topological polar surface area (TPSA) is 21.7 Å². The zero-order chi connectivity index (χ0) is 19.4. The Morgan fingerprint density at radius 1 is 0.679 bits per heavy atom. The minimum absolute atomic E-state index is 0.792. The van der Waals surface area contributed by atoms with Crippen molar-refractivity contribution in [2.45, 2.75) is 51.9 Å². The van der Waals surface area contributed by atoms with Gasteiger partial charge in [-0.15, -0.1) is 0 Å². The van der Waals surface area contributed by atoms with Crippen LogP contribution in [0.1, 0.15) is 51.9 Å². The molecule has 3 nitrogen and oxygen atoms in total. The van der Waals surface area contributed by atoms with Gasteiger partial charge in [-0.2, -0.15) is 0 Å². The van der Waals surface area contributed by atoms with E-state index < -0.39 is 0 Å². The quantitative estimate of drug-likeness (QED) is 0.434. The second-order valence-electron chi connectivity index (χ2n) is 7.71. The molecule has 0 bridgehead atoms. The summed E-state index contributed by atoms with van der Waals surface area (Å²) in [5, 5.41) is 0. The molecule has 3 rings (SSSR count). The molecule has 0 unspecified atom stereocenters. The van der Waals surface area contributed by atoms with E-state index in [1.54, 1.807) is 0 Å². The van der Waals surface area contributed by atoms with E-state index >= 15 is 0 Å². The first-order chi connectivity index (χ1) is 13.8. The number of ether oxygens (including phenoxy) is 2. The third kappa shape index (κ3) is 6.87. The van der Waals surface area contributed by atoms with Crippen molar-refractivity contribution in [3.05, 3.63) is 48.5 Å². The number of rotatable bonds is 11.